The highest BCUT2D eigenvalue weighted by molar-refractivity contribution is 7.98. The van der Waals surface area contributed by atoms with Crippen molar-refractivity contribution in [2.75, 3.05) is 11.9 Å². The van der Waals surface area contributed by atoms with Crippen LogP contribution in [0.4, 0.5) is 5.69 Å². The van der Waals surface area contributed by atoms with Gasteiger partial charge in [0, 0.05) is 22.0 Å². The number of thioether (sulfide) groups is 1. The van der Waals surface area contributed by atoms with Crippen molar-refractivity contribution in [1.29, 1.82) is 0 Å². The lowest BCUT2D eigenvalue weighted by Crippen LogP contribution is -2.33. The van der Waals surface area contributed by atoms with Crippen LogP contribution in [0.5, 0.6) is 0 Å². The highest BCUT2D eigenvalue weighted by atomic mass is 35.5. The van der Waals surface area contributed by atoms with Crippen LogP contribution in [0.3, 0.4) is 0 Å². The van der Waals surface area contributed by atoms with E-state index in [1.807, 2.05) is 36.4 Å². The minimum absolute atomic E-state index is 0.145. The van der Waals surface area contributed by atoms with Crippen LogP contribution in [0, 0.1) is 0 Å². The Balaban J connectivity index is 1.36. The Labute approximate surface area is 188 Å². The Hall–Kier alpha value is -3.29. The van der Waals surface area contributed by atoms with Gasteiger partial charge in [-0.1, -0.05) is 53.7 Å². The van der Waals surface area contributed by atoms with E-state index in [-0.39, 0.29) is 18.4 Å². The Bertz CT molecular complexity index is 1190. The molecule has 156 valence electrons. The third kappa shape index (κ3) is 5.45. The summed E-state index contributed by atoms with van der Waals surface area (Å²) in [6.07, 6.45) is 0. The zero-order valence-electron chi connectivity index (χ0n) is 16.3. The number of rotatable bonds is 7. The van der Waals surface area contributed by atoms with Crippen LogP contribution in [-0.2, 0) is 10.5 Å². The monoisotopic (exact) mass is 451 g/mol. The predicted octanol–water partition coefficient (Wildman–Crippen LogP) is 5.14. The Morgan fingerprint density at radius 1 is 0.968 bits per heavy atom. The maximum Gasteiger partial charge on any atom is 0.257 e. The van der Waals surface area contributed by atoms with Gasteiger partial charge in [-0.25, -0.2) is 4.98 Å². The smallest absolute Gasteiger partial charge is 0.257 e. The molecule has 0 bridgehead atoms. The Morgan fingerprint density at radius 2 is 1.71 bits per heavy atom. The summed E-state index contributed by atoms with van der Waals surface area (Å²) in [5.74, 6) is -0.137. The van der Waals surface area contributed by atoms with Gasteiger partial charge in [0.15, 0.2) is 5.58 Å². The molecule has 2 amide bonds. The van der Waals surface area contributed by atoms with E-state index in [2.05, 4.69) is 15.6 Å². The van der Waals surface area contributed by atoms with Crippen molar-refractivity contribution in [2.24, 2.45) is 0 Å². The van der Waals surface area contributed by atoms with Gasteiger partial charge in [0.1, 0.15) is 5.52 Å². The molecule has 0 aliphatic carbocycles. The predicted molar refractivity (Wildman–Crippen MR) is 122 cm³/mol. The molecule has 0 saturated carbocycles. The Morgan fingerprint density at radius 3 is 2.52 bits per heavy atom. The maximum atomic E-state index is 12.7. The first-order chi connectivity index (χ1) is 15.1. The van der Waals surface area contributed by atoms with Gasteiger partial charge < -0.3 is 15.1 Å². The van der Waals surface area contributed by atoms with Gasteiger partial charge in [-0.15, -0.1) is 0 Å². The van der Waals surface area contributed by atoms with E-state index in [4.69, 9.17) is 16.0 Å². The van der Waals surface area contributed by atoms with Crippen molar-refractivity contribution < 1.29 is 14.0 Å². The number of hydrogen-bond acceptors (Lipinski definition) is 5. The molecule has 4 aromatic rings. The summed E-state index contributed by atoms with van der Waals surface area (Å²) in [7, 11) is 0. The number of fused-ring (bicyclic) bond motifs is 1. The van der Waals surface area contributed by atoms with E-state index in [0.29, 0.717) is 27.2 Å². The highest BCUT2D eigenvalue weighted by Crippen LogP contribution is 2.27. The van der Waals surface area contributed by atoms with E-state index in [1.54, 1.807) is 36.4 Å². The second-order valence-electron chi connectivity index (χ2n) is 6.63. The topological polar surface area (TPSA) is 84.2 Å². The molecule has 31 heavy (non-hydrogen) atoms. The number of nitrogens with zero attached hydrogens (tertiary/aromatic N) is 1. The molecule has 0 radical (unpaired) electrons. The van der Waals surface area contributed by atoms with E-state index >= 15 is 0 Å². The van der Waals surface area contributed by atoms with Gasteiger partial charge in [0.2, 0.25) is 5.91 Å². The van der Waals surface area contributed by atoms with Gasteiger partial charge in [-0.05, 0) is 48.0 Å². The molecule has 0 atom stereocenters. The fourth-order valence-corrected chi connectivity index (χ4v) is 3.88. The first kappa shape index (κ1) is 21.0. The zero-order valence-corrected chi connectivity index (χ0v) is 17.9. The fraction of sp³-hybridized carbons (Fsp3) is 0.0870. The third-order valence-electron chi connectivity index (χ3n) is 4.42. The number of oxazole rings is 1. The number of anilines is 1. The number of nitrogens with one attached hydrogen (secondary N) is 2. The van der Waals surface area contributed by atoms with Gasteiger partial charge in [0.05, 0.1) is 6.54 Å². The van der Waals surface area contributed by atoms with Crippen LogP contribution in [0.1, 0.15) is 15.9 Å². The van der Waals surface area contributed by atoms with Crippen molar-refractivity contribution in [3.63, 3.8) is 0 Å². The number of aromatic nitrogens is 1. The average Bonchev–Trinajstić information content (AvgIpc) is 3.21. The first-order valence-corrected chi connectivity index (χ1v) is 10.8. The van der Waals surface area contributed by atoms with Gasteiger partial charge in [0.25, 0.3) is 11.1 Å². The second-order valence-corrected chi connectivity index (χ2v) is 7.99. The van der Waals surface area contributed by atoms with Crippen molar-refractivity contribution >= 4 is 52.0 Å². The van der Waals surface area contributed by atoms with Crippen LogP contribution >= 0.6 is 23.4 Å². The van der Waals surface area contributed by atoms with E-state index in [9.17, 15) is 9.59 Å². The van der Waals surface area contributed by atoms with Gasteiger partial charge in [-0.2, -0.15) is 0 Å². The summed E-state index contributed by atoms with van der Waals surface area (Å²) >= 11 is 7.25. The average molecular weight is 452 g/mol. The van der Waals surface area contributed by atoms with Gasteiger partial charge in [-0.3, -0.25) is 9.59 Å². The molecule has 0 unspecified atom stereocenters. The van der Waals surface area contributed by atoms with Crippen molar-refractivity contribution in [3.05, 3.63) is 88.9 Å². The molecule has 2 N–H and O–H groups in total. The highest BCUT2D eigenvalue weighted by Gasteiger charge is 2.14. The van der Waals surface area contributed by atoms with Crippen molar-refractivity contribution in [2.45, 2.75) is 11.0 Å². The quantitative estimate of drug-likeness (QED) is 0.380. The molecule has 1 heterocycles. The molecule has 0 aliphatic rings. The molecule has 1 aromatic heterocycles. The molecule has 6 nitrogen and oxygen atoms in total. The van der Waals surface area contributed by atoms with Crippen LogP contribution in [-0.4, -0.2) is 23.3 Å². The first-order valence-electron chi connectivity index (χ1n) is 9.48. The minimum atomic E-state index is -0.325. The molecule has 0 spiro atoms. The van der Waals surface area contributed by atoms with Crippen molar-refractivity contribution in [1.82, 2.24) is 10.3 Å². The number of halogens is 1. The molecule has 0 fully saturated rings. The van der Waals surface area contributed by atoms with Crippen LogP contribution in [0.15, 0.2) is 82.4 Å². The number of benzene rings is 3. The standard InChI is InChI=1S/C23H18ClN3O3S/c24-16-9-11-17(12-10-16)26-21(28)13-25-22(29)18-6-2-1-5-15(18)14-31-23-27-19-7-3-4-8-20(19)30-23/h1-12H,13-14H2,(H,25,29)(H,26,28). The number of amides is 2. The molecular weight excluding hydrogens is 434 g/mol. The second kappa shape index (κ2) is 9.68. The Kier molecular flexibility index (Phi) is 6.54. The third-order valence-corrected chi connectivity index (χ3v) is 5.55. The van der Waals surface area contributed by atoms with E-state index in [0.717, 1.165) is 16.7 Å². The van der Waals surface area contributed by atoms with E-state index < -0.39 is 0 Å². The number of carbonyl (C=O) groups excluding carboxylic acids is 2. The summed E-state index contributed by atoms with van der Waals surface area (Å²) < 4.78 is 5.72. The molecular formula is C23H18ClN3O3S. The lowest BCUT2D eigenvalue weighted by atomic mass is 10.1. The lowest BCUT2D eigenvalue weighted by Gasteiger charge is -2.10. The molecule has 0 saturated heterocycles. The number of para-hydroxylation sites is 2. The normalized spacial score (nSPS) is 10.7. The molecule has 0 aliphatic heterocycles. The van der Waals surface area contributed by atoms with Crippen molar-refractivity contribution in [3.8, 4) is 0 Å². The molecule has 8 heteroatoms. The summed E-state index contributed by atoms with van der Waals surface area (Å²) in [6.45, 7) is -0.145. The fourth-order valence-electron chi connectivity index (χ4n) is 2.91. The summed E-state index contributed by atoms with van der Waals surface area (Å²) in [5, 5.41) is 6.50. The molecule has 4 rings (SSSR count). The van der Waals surface area contributed by atoms with Crippen LogP contribution in [0.2, 0.25) is 5.02 Å². The summed E-state index contributed by atoms with van der Waals surface area (Å²) in [6, 6.07) is 21.6. The summed E-state index contributed by atoms with van der Waals surface area (Å²) in [5.41, 5.74) is 3.46. The SMILES string of the molecule is O=C(CNC(=O)c1ccccc1CSc1nc2ccccc2o1)Nc1ccc(Cl)cc1. The minimum Gasteiger partial charge on any atom is -0.431 e. The van der Waals surface area contributed by atoms with Crippen LogP contribution < -0.4 is 10.6 Å². The van der Waals surface area contributed by atoms with Crippen LogP contribution in [0.25, 0.3) is 11.1 Å². The lowest BCUT2D eigenvalue weighted by molar-refractivity contribution is -0.115. The zero-order chi connectivity index (χ0) is 21.6. The summed E-state index contributed by atoms with van der Waals surface area (Å²) in [4.78, 5) is 29.2. The molecule has 3 aromatic carbocycles. The van der Waals surface area contributed by atoms with Gasteiger partial charge >= 0.3 is 0 Å². The largest absolute Gasteiger partial charge is 0.431 e. The maximum absolute atomic E-state index is 12.7. The number of hydrogen-bond donors (Lipinski definition) is 2. The van der Waals surface area contributed by atoms with E-state index in [1.165, 1.54) is 11.8 Å². The number of carbonyl (C=O) groups is 2.